The van der Waals surface area contributed by atoms with E-state index in [1.165, 1.54) is 16.9 Å². The van der Waals surface area contributed by atoms with Gasteiger partial charge in [-0.1, -0.05) is 36.4 Å². The number of nitrogens with zero attached hydrogens (tertiary/aromatic N) is 4. The number of anilines is 1. The second-order valence-electron chi connectivity index (χ2n) is 6.98. The lowest BCUT2D eigenvalue weighted by atomic mass is 10.1. The number of pyridine rings is 1. The number of thiophene rings is 1. The summed E-state index contributed by atoms with van der Waals surface area (Å²) in [5.41, 5.74) is 3.24. The monoisotopic (exact) mass is 445 g/mol. The van der Waals surface area contributed by atoms with Crippen LogP contribution in [0.1, 0.15) is 27.7 Å². The molecule has 0 radical (unpaired) electrons. The summed E-state index contributed by atoms with van der Waals surface area (Å²) in [7, 11) is 0. The molecule has 4 aromatic heterocycles. The molecule has 0 aliphatic rings. The zero-order valence-corrected chi connectivity index (χ0v) is 18.4. The minimum atomic E-state index is -0.207. The van der Waals surface area contributed by atoms with E-state index in [9.17, 15) is 4.79 Å². The summed E-state index contributed by atoms with van der Waals surface area (Å²) in [5, 5.41) is 10.7. The fourth-order valence-corrected chi connectivity index (χ4v) is 4.95. The average molecular weight is 446 g/mol. The summed E-state index contributed by atoms with van der Waals surface area (Å²) in [5.74, 6) is -0.207. The summed E-state index contributed by atoms with van der Waals surface area (Å²) in [4.78, 5) is 24.5. The van der Waals surface area contributed by atoms with Crippen LogP contribution in [0, 0.1) is 0 Å². The Morgan fingerprint density at radius 3 is 2.77 bits per heavy atom. The first-order chi connectivity index (χ1) is 15.2. The second kappa shape index (κ2) is 8.41. The van der Waals surface area contributed by atoms with E-state index in [0.717, 1.165) is 27.3 Å². The van der Waals surface area contributed by atoms with E-state index < -0.39 is 0 Å². The number of benzene rings is 1. The van der Waals surface area contributed by atoms with Crippen molar-refractivity contribution in [2.24, 2.45) is 0 Å². The van der Waals surface area contributed by atoms with Gasteiger partial charge < -0.3 is 0 Å². The summed E-state index contributed by atoms with van der Waals surface area (Å²) < 4.78 is 1.81. The van der Waals surface area contributed by atoms with Gasteiger partial charge in [-0.15, -0.1) is 22.7 Å². The van der Waals surface area contributed by atoms with E-state index in [4.69, 9.17) is 4.98 Å². The third-order valence-electron chi connectivity index (χ3n) is 4.92. The first-order valence-corrected chi connectivity index (χ1v) is 11.6. The molecule has 4 heterocycles. The lowest BCUT2D eigenvalue weighted by Crippen LogP contribution is -2.13. The lowest BCUT2D eigenvalue weighted by Gasteiger charge is -2.07. The van der Waals surface area contributed by atoms with Crippen molar-refractivity contribution in [1.29, 1.82) is 0 Å². The number of amides is 1. The van der Waals surface area contributed by atoms with Gasteiger partial charge in [-0.25, -0.2) is 14.6 Å². The van der Waals surface area contributed by atoms with Crippen molar-refractivity contribution in [3.63, 3.8) is 0 Å². The molecule has 0 atom stereocenters. The van der Waals surface area contributed by atoms with E-state index in [1.807, 2.05) is 59.6 Å². The van der Waals surface area contributed by atoms with Gasteiger partial charge in [0.05, 0.1) is 27.7 Å². The quantitative estimate of drug-likeness (QED) is 0.376. The molecule has 0 unspecified atom stereocenters. The van der Waals surface area contributed by atoms with Crippen molar-refractivity contribution in [1.82, 2.24) is 19.7 Å². The van der Waals surface area contributed by atoms with Gasteiger partial charge in [0.15, 0.2) is 10.8 Å². The minimum Gasteiger partial charge on any atom is -0.298 e. The Balaban J connectivity index is 1.45. The van der Waals surface area contributed by atoms with Crippen LogP contribution in [0.3, 0.4) is 0 Å². The van der Waals surface area contributed by atoms with Gasteiger partial charge in [0.1, 0.15) is 0 Å². The van der Waals surface area contributed by atoms with Crippen LogP contribution >= 0.6 is 22.7 Å². The lowest BCUT2D eigenvalue weighted by molar-refractivity contribution is 0.102. The molecule has 1 N–H and O–H groups in total. The molecular formula is C23H19N5OS2. The number of carbonyl (C=O) groups is 1. The number of carbonyl (C=O) groups excluding carboxylic acids is 1. The summed E-state index contributed by atoms with van der Waals surface area (Å²) in [6.07, 6.45) is 4.32. The predicted molar refractivity (Wildman–Crippen MR) is 126 cm³/mol. The Hall–Kier alpha value is -3.36. The number of aromatic nitrogens is 4. The number of nitrogens with one attached hydrogen (secondary N) is 1. The Morgan fingerprint density at radius 1 is 1.13 bits per heavy atom. The predicted octanol–water partition coefficient (Wildman–Crippen LogP) is 5.48. The highest BCUT2D eigenvalue weighted by Crippen LogP contribution is 2.29. The van der Waals surface area contributed by atoms with Gasteiger partial charge in [-0.05, 0) is 30.0 Å². The third-order valence-corrected chi connectivity index (χ3v) is 6.73. The first-order valence-electron chi connectivity index (χ1n) is 9.91. The Morgan fingerprint density at radius 2 is 2.00 bits per heavy atom. The van der Waals surface area contributed by atoms with E-state index >= 15 is 0 Å². The average Bonchev–Trinajstić information content (AvgIpc) is 3.55. The van der Waals surface area contributed by atoms with E-state index in [-0.39, 0.29) is 5.91 Å². The van der Waals surface area contributed by atoms with Crippen molar-refractivity contribution < 1.29 is 4.79 Å². The van der Waals surface area contributed by atoms with Gasteiger partial charge >= 0.3 is 0 Å². The van der Waals surface area contributed by atoms with E-state index in [1.54, 1.807) is 17.5 Å². The van der Waals surface area contributed by atoms with Crippen molar-refractivity contribution in [2.45, 2.75) is 19.9 Å². The van der Waals surface area contributed by atoms with Gasteiger partial charge in [-0.3, -0.25) is 10.1 Å². The van der Waals surface area contributed by atoms with Crippen LogP contribution in [0.15, 0.2) is 66.3 Å². The maximum absolute atomic E-state index is 13.2. The van der Waals surface area contributed by atoms with Crippen LogP contribution in [0.2, 0.25) is 0 Å². The van der Waals surface area contributed by atoms with Crippen LogP contribution in [-0.2, 0) is 13.0 Å². The van der Waals surface area contributed by atoms with E-state index in [2.05, 4.69) is 27.5 Å². The van der Waals surface area contributed by atoms with E-state index in [0.29, 0.717) is 22.9 Å². The number of aryl methyl sites for hydroxylation is 1. The highest BCUT2D eigenvalue weighted by Gasteiger charge is 2.18. The Bertz CT molecular complexity index is 1340. The maximum Gasteiger partial charge on any atom is 0.258 e. The zero-order valence-electron chi connectivity index (χ0n) is 16.8. The standard InChI is InChI=1S/C23H19N5OS2/c1-2-28-21-18(14-25-28)17(12-19(26-21)20-9-6-10-30-20)22(29)27-23-24-13-16(31-23)11-15-7-4-3-5-8-15/h3-10,12-14H,2,11H2,1H3,(H,24,27,29). The van der Waals surface area contributed by atoms with Gasteiger partial charge in [-0.2, -0.15) is 5.10 Å². The summed E-state index contributed by atoms with van der Waals surface area (Å²) >= 11 is 3.09. The summed E-state index contributed by atoms with van der Waals surface area (Å²) in [6.45, 7) is 2.69. The van der Waals surface area contributed by atoms with Gasteiger partial charge in [0.25, 0.3) is 5.91 Å². The smallest absolute Gasteiger partial charge is 0.258 e. The maximum atomic E-state index is 13.2. The number of fused-ring (bicyclic) bond motifs is 1. The van der Waals surface area contributed by atoms with Crippen molar-refractivity contribution >= 4 is 44.7 Å². The normalized spacial score (nSPS) is 11.1. The topological polar surface area (TPSA) is 72.7 Å². The van der Waals surface area contributed by atoms with Crippen LogP contribution in [0.5, 0.6) is 0 Å². The van der Waals surface area contributed by atoms with Crippen molar-refractivity contribution in [3.05, 3.63) is 82.3 Å². The molecule has 0 aliphatic carbocycles. The highest BCUT2D eigenvalue weighted by molar-refractivity contribution is 7.15. The van der Waals surface area contributed by atoms with Crippen LogP contribution in [-0.4, -0.2) is 25.7 Å². The number of hydrogen-bond donors (Lipinski definition) is 1. The van der Waals surface area contributed by atoms with Crippen LogP contribution in [0.4, 0.5) is 5.13 Å². The first kappa shape index (κ1) is 19.6. The SMILES string of the molecule is CCn1ncc2c(C(=O)Nc3ncc(Cc4ccccc4)s3)cc(-c3cccs3)nc21. The van der Waals surface area contributed by atoms with Gasteiger partial charge in [0.2, 0.25) is 0 Å². The Kier molecular flexibility index (Phi) is 5.31. The molecule has 5 aromatic rings. The molecule has 8 heteroatoms. The third kappa shape index (κ3) is 3.99. The molecule has 31 heavy (non-hydrogen) atoms. The fourth-order valence-electron chi connectivity index (χ4n) is 3.43. The molecule has 1 amide bonds. The molecule has 0 fully saturated rings. The summed E-state index contributed by atoms with van der Waals surface area (Å²) in [6, 6.07) is 16.0. The molecule has 0 saturated heterocycles. The molecule has 5 rings (SSSR count). The van der Waals surface area contributed by atoms with Crippen molar-refractivity contribution in [3.8, 4) is 10.6 Å². The van der Waals surface area contributed by atoms with Crippen LogP contribution in [0.25, 0.3) is 21.6 Å². The molecule has 0 saturated carbocycles. The number of rotatable bonds is 6. The molecular weight excluding hydrogens is 426 g/mol. The van der Waals surface area contributed by atoms with Crippen LogP contribution < -0.4 is 5.32 Å². The van der Waals surface area contributed by atoms with Gasteiger partial charge in [0, 0.05) is 24.0 Å². The molecule has 1 aromatic carbocycles. The Labute approximate surface area is 187 Å². The molecule has 154 valence electrons. The molecule has 6 nitrogen and oxygen atoms in total. The fraction of sp³-hybridized carbons (Fsp3) is 0.130. The number of hydrogen-bond acceptors (Lipinski definition) is 6. The molecule has 0 bridgehead atoms. The minimum absolute atomic E-state index is 0.207. The second-order valence-corrected chi connectivity index (χ2v) is 9.04. The number of thiazole rings is 1. The van der Waals surface area contributed by atoms with Crippen molar-refractivity contribution in [2.75, 3.05) is 5.32 Å². The highest BCUT2D eigenvalue weighted by atomic mass is 32.1. The molecule has 0 aliphatic heterocycles. The molecule has 0 spiro atoms. The largest absolute Gasteiger partial charge is 0.298 e. The zero-order chi connectivity index (χ0) is 21.2.